The molecule has 0 aromatic heterocycles. The number of rotatable bonds is 1. The van der Waals surface area contributed by atoms with Crippen molar-refractivity contribution >= 4 is 27.7 Å². The second-order valence-electron chi connectivity index (χ2n) is 2.21. The molecular formula is C8H5BrFNO. The van der Waals surface area contributed by atoms with Gasteiger partial charge in [0.25, 0.3) is 0 Å². The van der Waals surface area contributed by atoms with Gasteiger partial charge >= 0.3 is 0 Å². The Morgan fingerprint density at radius 2 is 2.25 bits per heavy atom. The van der Waals surface area contributed by atoms with Gasteiger partial charge in [0.2, 0.25) is 6.08 Å². The van der Waals surface area contributed by atoms with Crippen LogP contribution in [0.2, 0.25) is 0 Å². The van der Waals surface area contributed by atoms with Gasteiger partial charge in [0.05, 0.1) is 10.2 Å². The third kappa shape index (κ3) is 1.60. The molecule has 0 aliphatic carbocycles. The van der Waals surface area contributed by atoms with Gasteiger partial charge in [-0.1, -0.05) is 0 Å². The molecule has 0 atom stereocenters. The van der Waals surface area contributed by atoms with Gasteiger partial charge in [-0.25, -0.2) is 9.18 Å². The molecular weight excluding hydrogens is 225 g/mol. The van der Waals surface area contributed by atoms with Crippen LogP contribution < -0.4 is 0 Å². The van der Waals surface area contributed by atoms with Gasteiger partial charge in [-0.05, 0) is 40.5 Å². The van der Waals surface area contributed by atoms with E-state index in [1.165, 1.54) is 18.2 Å². The lowest BCUT2D eigenvalue weighted by Gasteiger charge is -2.01. The summed E-state index contributed by atoms with van der Waals surface area (Å²) in [6.45, 7) is 1.67. The van der Waals surface area contributed by atoms with Crippen LogP contribution >= 0.6 is 15.9 Å². The summed E-state index contributed by atoms with van der Waals surface area (Å²) in [5.41, 5.74) is 1.02. The Bertz CT molecular complexity index is 358. The molecule has 0 heterocycles. The Morgan fingerprint density at radius 1 is 1.58 bits per heavy atom. The molecule has 1 aromatic carbocycles. The van der Waals surface area contributed by atoms with E-state index in [-0.39, 0.29) is 5.82 Å². The third-order valence-corrected chi connectivity index (χ3v) is 2.45. The van der Waals surface area contributed by atoms with E-state index in [1.54, 1.807) is 6.92 Å². The van der Waals surface area contributed by atoms with Crippen molar-refractivity contribution in [2.45, 2.75) is 6.92 Å². The number of hydrogen-bond acceptors (Lipinski definition) is 2. The van der Waals surface area contributed by atoms with Crippen molar-refractivity contribution < 1.29 is 9.18 Å². The van der Waals surface area contributed by atoms with Crippen LogP contribution in [0.3, 0.4) is 0 Å². The summed E-state index contributed by atoms with van der Waals surface area (Å²) < 4.78 is 13.1. The first kappa shape index (κ1) is 9.10. The average Bonchev–Trinajstić information content (AvgIpc) is 2.07. The Hall–Kier alpha value is -0.990. The molecule has 0 unspecified atom stereocenters. The molecule has 0 spiro atoms. The predicted molar refractivity (Wildman–Crippen MR) is 46.6 cm³/mol. The van der Waals surface area contributed by atoms with Crippen molar-refractivity contribution in [1.29, 1.82) is 0 Å². The summed E-state index contributed by atoms with van der Waals surface area (Å²) in [5, 5.41) is 0. The quantitative estimate of drug-likeness (QED) is 0.538. The van der Waals surface area contributed by atoms with E-state index in [1.807, 2.05) is 0 Å². The summed E-state index contributed by atoms with van der Waals surface area (Å²) in [6.07, 6.45) is 1.40. The number of carbonyl (C=O) groups excluding carboxylic acids is 1. The van der Waals surface area contributed by atoms with Crippen molar-refractivity contribution in [2.24, 2.45) is 4.99 Å². The standard InChI is InChI=1S/C8H5BrFNO/c1-5-7(11-4-12)3-2-6(10)8(5)9/h2-3H,1H3. The van der Waals surface area contributed by atoms with E-state index < -0.39 is 0 Å². The van der Waals surface area contributed by atoms with Gasteiger partial charge in [-0.15, -0.1) is 0 Å². The molecule has 0 bridgehead atoms. The molecule has 0 aliphatic heterocycles. The lowest BCUT2D eigenvalue weighted by atomic mass is 10.2. The SMILES string of the molecule is Cc1c(N=C=O)ccc(F)c1Br. The van der Waals surface area contributed by atoms with Gasteiger partial charge in [0.1, 0.15) is 5.82 Å². The summed E-state index contributed by atoms with van der Waals surface area (Å²) in [7, 11) is 0. The fourth-order valence-corrected chi connectivity index (χ4v) is 1.15. The number of aliphatic imine (C=N–C) groups is 1. The lowest BCUT2D eigenvalue weighted by molar-refractivity contribution is 0.565. The van der Waals surface area contributed by atoms with Gasteiger partial charge in [0, 0.05) is 0 Å². The van der Waals surface area contributed by atoms with Crippen LogP contribution in [0.25, 0.3) is 0 Å². The zero-order valence-corrected chi connectivity index (χ0v) is 7.85. The van der Waals surface area contributed by atoms with Gasteiger partial charge in [-0.2, -0.15) is 4.99 Å². The number of nitrogens with zero attached hydrogens (tertiary/aromatic N) is 1. The normalized spacial score (nSPS) is 9.25. The van der Waals surface area contributed by atoms with E-state index >= 15 is 0 Å². The molecule has 0 radical (unpaired) electrons. The van der Waals surface area contributed by atoms with E-state index in [4.69, 9.17) is 0 Å². The molecule has 4 heteroatoms. The zero-order valence-electron chi connectivity index (χ0n) is 6.27. The average molecular weight is 230 g/mol. The highest BCUT2D eigenvalue weighted by molar-refractivity contribution is 9.10. The molecule has 62 valence electrons. The summed E-state index contributed by atoms with van der Waals surface area (Å²) in [4.78, 5) is 13.3. The van der Waals surface area contributed by atoms with E-state index in [0.29, 0.717) is 15.7 Å². The maximum absolute atomic E-state index is 12.8. The zero-order chi connectivity index (χ0) is 9.14. The second-order valence-corrected chi connectivity index (χ2v) is 3.00. The monoisotopic (exact) mass is 229 g/mol. The molecule has 0 aliphatic rings. The van der Waals surface area contributed by atoms with E-state index in [9.17, 15) is 9.18 Å². The molecule has 12 heavy (non-hydrogen) atoms. The van der Waals surface area contributed by atoms with Crippen molar-refractivity contribution in [2.75, 3.05) is 0 Å². The number of benzene rings is 1. The van der Waals surface area contributed by atoms with Crippen LogP contribution in [0, 0.1) is 12.7 Å². The third-order valence-electron chi connectivity index (χ3n) is 1.48. The first-order valence-electron chi connectivity index (χ1n) is 3.19. The first-order valence-corrected chi connectivity index (χ1v) is 3.98. The smallest absolute Gasteiger partial charge is 0.211 e. The van der Waals surface area contributed by atoms with Gasteiger partial charge < -0.3 is 0 Å². The Labute approximate surface area is 77.3 Å². The maximum Gasteiger partial charge on any atom is 0.240 e. The van der Waals surface area contributed by atoms with Gasteiger partial charge in [-0.3, -0.25) is 0 Å². The predicted octanol–water partition coefficient (Wildman–Crippen LogP) is 2.86. The molecule has 0 saturated heterocycles. The Kier molecular flexibility index (Phi) is 2.74. The van der Waals surface area contributed by atoms with Crippen LogP contribution in [0.4, 0.5) is 10.1 Å². The second kappa shape index (κ2) is 3.61. The maximum atomic E-state index is 12.8. The lowest BCUT2D eigenvalue weighted by Crippen LogP contribution is -1.82. The molecule has 0 N–H and O–H groups in total. The summed E-state index contributed by atoms with van der Waals surface area (Å²) in [6, 6.07) is 2.67. The minimum absolute atomic E-state index is 0.332. The fourth-order valence-electron chi connectivity index (χ4n) is 0.812. The topological polar surface area (TPSA) is 29.4 Å². The highest BCUT2D eigenvalue weighted by Gasteiger charge is 2.05. The molecule has 0 fully saturated rings. The highest BCUT2D eigenvalue weighted by Crippen LogP contribution is 2.28. The van der Waals surface area contributed by atoms with E-state index in [0.717, 1.165) is 0 Å². The van der Waals surface area contributed by atoms with Crippen LogP contribution in [0.15, 0.2) is 21.6 Å². The Balaban J connectivity index is 3.35. The number of isocyanates is 1. The number of hydrogen-bond donors (Lipinski definition) is 0. The molecule has 0 saturated carbocycles. The summed E-state index contributed by atoms with van der Waals surface area (Å²) >= 11 is 3.04. The first-order chi connectivity index (χ1) is 5.66. The molecule has 1 aromatic rings. The van der Waals surface area contributed by atoms with Crippen LogP contribution in [0.5, 0.6) is 0 Å². The van der Waals surface area contributed by atoms with Crippen LogP contribution in [-0.2, 0) is 4.79 Å². The van der Waals surface area contributed by atoms with Gasteiger partial charge in [0.15, 0.2) is 0 Å². The Morgan fingerprint density at radius 3 is 2.83 bits per heavy atom. The minimum Gasteiger partial charge on any atom is -0.211 e. The van der Waals surface area contributed by atoms with E-state index in [2.05, 4.69) is 20.9 Å². The van der Waals surface area contributed by atoms with Crippen molar-refractivity contribution in [3.63, 3.8) is 0 Å². The van der Waals surface area contributed by atoms with Crippen molar-refractivity contribution in [3.05, 3.63) is 28.0 Å². The highest BCUT2D eigenvalue weighted by atomic mass is 79.9. The van der Waals surface area contributed by atoms with Crippen LogP contribution in [-0.4, -0.2) is 6.08 Å². The summed E-state index contributed by atoms with van der Waals surface area (Å²) in [5.74, 6) is -0.364. The fraction of sp³-hybridized carbons (Fsp3) is 0.125. The molecule has 1 rings (SSSR count). The van der Waals surface area contributed by atoms with Crippen molar-refractivity contribution in [3.8, 4) is 0 Å². The largest absolute Gasteiger partial charge is 0.240 e. The molecule has 0 amide bonds. The minimum atomic E-state index is -0.364. The molecule has 2 nitrogen and oxygen atoms in total. The van der Waals surface area contributed by atoms with Crippen LogP contribution in [0.1, 0.15) is 5.56 Å². The van der Waals surface area contributed by atoms with Crippen molar-refractivity contribution in [1.82, 2.24) is 0 Å². The number of halogens is 2.